The Hall–Kier alpha value is -1.10. The van der Waals surface area contributed by atoms with Gasteiger partial charge in [0.25, 0.3) is 0 Å². The zero-order valence-corrected chi connectivity index (χ0v) is 13.2. The van der Waals surface area contributed by atoms with E-state index in [4.69, 9.17) is 0 Å². The van der Waals surface area contributed by atoms with E-state index < -0.39 is 0 Å². The van der Waals surface area contributed by atoms with Crippen LogP contribution in [0.25, 0.3) is 0 Å². The molecule has 0 spiro atoms. The topological polar surface area (TPSA) is 52.6 Å². The molecule has 3 unspecified atom stereocenters. The van der Waals surface area contributed by atoms with E-state index in [-0.39, 0.29) is 17.7 Å². The number of hydrogen-bond acceptors (Lipinski definition) is 3. The molecule has 3 atom stereocenters. The third-order valence-electron chi connectivity index (χ3n) is 5.34. The molecule has 3 rings (SSSR count). The Labute approximate surface area is 127 Å². The van der Waals surface area contributed by atoms with Crippen LogP contribution in [-0.4, -0.2) is 59.4 Å². The lowest BCUT2D eigenvalue weighted by atomic mass is 9.95. The van der Waals surface area contributed by atoms with Gasteiger partial charge in [0, 0.05) is 50.1 Å². The van der Waals surface area contributed by atoms with Gasteiger partial charge < -0.3 is 10.2 Å². The minimum atomic E-state index is -0.0946. The molecule has 3 fully saturated rings. The minimum absolute atomic E-state index is 0.0275. The highest BCUT2D eigenvalue weighted by Crippen LogP contribution is 2.32. The number of carbonyl (C=O) groups excluding carboxylic acids is 2. The van der Waals surface area contributed by atoms with Crippen molar-refractivity contribution in [2.45, 2.75) is 64.1 Å². The molecule has 3 heterocycles. The number of fused-ring (bicyclic) bond motifs is 2. The zero-order valence-electron chi connectivity index (χ0n) is 13.2. The molecule has 0 aliphatic carbocycles. The second kappa shape index (κ2) is 5.95. The maximum Gasteiger partial charge on any atom is 0.226 e. The first-order chi connectivity index (χ1) is 10.1. The minimum Gasteiger partial charge on any atom is -0.356 e. The highest BCUT2D eigenvalue weighted by Gasteiger charge is 2.40. The Morgan fingerprint density at radius 2 is 1.95 bits per heavy atom. The average molecular weight is 293 g/mol. The fraction of sp³-hybridized carbons (Fsp3) is 0.875. The maximum absolute atomic E-state index is 12.7. The first-order valence-corrected chi connectivity index (χ1v) is 8.39. The predicted molar refractivity (Wildman–Crippen MR) is 80.7 cm³/mol. The van der Waals surface area contributed by atoms with E-state index in [0.29, 0.717) is 31.1 Å². The number of carbonyl (C=O) groups is 2. The van der Waals surface area contributed by atoms with Crippen LogP contribution in [0.3, 0.4) is 0 Å². The first kappa shape index (κ1) is 14.8. The summed E-state index contributed by atoms with van der Waals surface area (Å²) in [6.45, 7) is 6.88. The van der Waals surface area contributed by atoms with Gasteiger partial charge in [0.2, 0.25) is 11.8 Å². The molecule has 0 saturated carbocycles. The van der Waals surface area contributed by atoms with Crippen molar-refractivity contribution in [2.75, 3.05) is 19.6 Å². The third-order valence-corrected chi connectivity index (χ3v) is 5.34. The quantitative estimate of drug-likeness (QED) is 0.826. The fourth-order valence-electron chi connectivity index (χ4n) is 4.41. The number of amides is 2. The van der Waals surface area contributed by atoms with E-state index in [9.17, 15) is 9.59 Å². The van der Waals surface area contributed by atoms with Crippen LogP contribution in [0.4, 0.5) is 0 Å². The van der Waals surface area contributed by atoms with Crippen molar-refractivity contribution in [1.82, 2.24) is 15.1 Å². The van der Waals surface area contributed by atoms with Gasteiger partial charge in [-0.15, -0.1) is 0 Å². The second-order valence-corrected chi connectivity index (χ2v) is 7.04. The van der Waals surface area contributed by atoms with Crippen molar-refractivity contribution >= 4 is 11.8 Å². The summed E-state index contributed by atoms with van der Waals surface area (Å²) in [4.78, 5) is 28.9. The van der Waals surface area contributed by atoms with E-state index in [0.717, 1.165) is 25.9 Å². The van der Waals surface area contributed by atoms with Gasteiger partial charge in [-0.05, 0) is 39.5 Å². The molecule has 0 aromatic carbocycles. The van der Waals surface area contributed by atoms with Crippen LogP contribution in [0.1, 0.15) is 46.0 Å². The van der Waals surface area contributed by atoms with Crippen LogP contribution in [0.2, 0.25) is 0 Å². The number of rotatable bonds is 2. The monoisotopic (exact) mass is 293 g/mol. The summed E-state index contributed by atoms with van der Waals surface area (Å²) in [6.07, 6.45) is 4.73. The molecule has 3 aliphatic heterocycles. The van der Waals surface area contributed by atoms with E-state index in [1.165, 1.54) is 12.8 Å². The molecule has 3 saturated heterocycles. The number of piperidine rings is 1. The lowest BCUT2D eigenvalue weighted by molar-refractivity contribution is -0.140. The van der Waals surface area contributed by atoms with Gasteiger partial charge in [-0.3, -0.25) is 14.5 Å². The molecular weight excluding hydrogens is 266 g/mol. The first-order valence-electron chi connectivity index (χ1n) is 8.39. The molecule has 2 amide bonds. The van der Waals surface area contributed by atoms with Gasteiger partial charge in [-0.2, -0.15) is 0 Å². The Bertz CT molecular complexity index is 424. The summed E-state index contributed by atoms with van der Waals surface area (Å²) in [6, 6.07) is 1.71. The Balaban J connectivity index is 1.67. The standard InChI is InChI=1S/C16H27N3O2/c1-11(2)19-13-3-4-14(19)10-18(8-6-13)16(21)12-5-7-17-15(20)9-12/h11-14H,3-10H2,1-2H3,(H,17,20). The molecule has 118 valence electrons. The van der Waals surface area contributed by atoms with Crippen molar-refractivity contribution < 1.29 is 9.59 Å². The van der Waals surface area contributed by atoms with Crippen molar-refractivity contribution in [3.8, 4) is 0 Å². The van der Waals surface area contributed by atoms with E-state index in [1.54, 1.807) is 0 Å². The van der Waals surface area contributed by atoms with Crippen molar-refractivity contribution in [1.29, 1.82) is 0 Å². The second-order valence-electron chi connectivity index (χ2n) is 7.04. The Kier molecular flexibility index (Phi) is 4.20. The SMILES string of the molecule is CC(C)N1C2CCC1CN(C(=O)C1CCNC(=O)C1)CC2. The lowest BCUT2D eigenvalue weighted by Gasteiger charge is -2.33. The van der Waals surface area contributed by atoms with Crippen molar-refractivity contribution in [3.05, 3.63) is 0 Å². The molecule has 3 aliphatic rings. The summed E-state index contributed by atoms with van der Waals surface area (Å²) in [5.74, 6) is 0.142. The average Bonchev–Trinajstić information content (AvgIpc) is 2.73. The summed E-state index contributed by atoms with van der Waals surface area (Å²) in [5.41, 5.74) is 0. The van der Waals surface area contributed by atoms with Gasteiger partial charge in [-0.25, -0.2) is 0 Å². The highest BCUT2D eigenvalue weighted by molar-refractivity contribution is 5.87. The van der Waals surface area contributed by atoms with Crippen LogP contribution in [0, 0.1) is 5.92 Å². The number of nitrogens with zero attached hydrogens (tertiary/aromatic N) is 2. The normalized spacial score (nSPS) is 34.0. The van der Waals surface area contributed by atoms with Gasteiger partial charge in [0.05, 0.1) is 0 Å². The Morgan fingerprint density at radius 1 is 1.19 bits per heavy atom. The van der Waals surface area contributed by atoms with Crippen molar-refractivity contribution in [2.24, 2.45) is 5.92 Å². The van der Waals surface area contributed by atoms with E-state index in [2.05, 4.69) is 24.1 Å². The molecular formula is C16H27N3O2. The molecule has 1 N–H and O–H groups in total. The summed E-state index contributed by atoms with van der Waals surface area (Å²) < 4.78 is 0. The van der Waals surface area contributed by atoms with E-state index in [1.807, 2.05) is 4.90 Å². The van der Waals surface area contributed by atoms with Gasteiger partial charge >= 0.3 is 0 Å². The molecule has 0 radical (unpaired) electrons. The number of likely N-dealkylation sites (tertiary alicyclic amines) is 1. The fourth-order valence-corrected chi connectivity index (χ4v) is 4.41. The lowest BCUT2D eigenvalue weighted by Crippen LogP contribution is -2.47. The van der Waals surface area contributed by atoms with Gasteiger partial charge in [-0.1, -0.05) is 0 Å². The highest BCUT2D eigenvalue weighted by atomic mass is 16.2. The molecule has 2 bridgehead atoms. The van der Waals surface area contributed by atoms with Crippen LogP contribution >= 0.6 is 0 Å². The van der Waals surface area contributed by atoms with Crippen LogP contribution < -0.4 is 5.32 Å². The summed E-state index contributed by atoms with van der Waals surface area (Å²) in [5, 5.41) is 2.81. The van der Waals surface area contributed by atoms with Crippen molar-refractivity contribution in [3.63, 3.8) is 0 Å². The molecule has 0 aromatic heterocycles. The van der Waals surface area contributed by atoms with Gasteiger partial charge in [0.15, 0.2) is 0 Å². The molecule has 5 heteroatoms. The maximum atomic E-state index is 12.7. The molecule has 5 nitrogen and oxygen atoms in total. The van der Waals surface area contributed by atoms with Crippen LogP contribution in [0.5, 0.6) is 0 Å². The number of nitrogens with one attached hydrogen (secondary N) is 1. The number of hydrogen-bond donors (Lipinski definition) is 1. The summed E-state index contributed by atoms with van der Waals surface area (Å²) >= 11 is 0. The van der Waals surface area contributed by atoms with E-state index >= 15 is 0 Å². The third kappa shape index (κ3) is 2.93. The molecule has 0 aromatic rings. The van der Waals surface area contributed by atoms with Gasteiger partial charge in [0.1, 0.15) is 0 Å². The van der Waals surface area contributed by atoms with Crippen LogP contribution in [-0.2, 0) is 9.59 Å². The predicted octanol–water partition coefficient (Wildman–Crippen LogP) is 0.986. The Morgan fingerprint density at radius 3 is 2.67 bits per heavy atom. The smallest absolute Gasteiger partial charge is 0.226 e. The zero-order chi connectivity index (χ0) is 15.0. The van der Waals surface area contributed by atoms with Crippen LogP contribution in [0.15, 0.2) is 0 Å². The largest absolute Gasteiger partial charge is 0.356 e. The molecule has 21 heavy (non-hydrogen) atoms. The summed E-state index contributed by atoms with van der Waals surface area (Å²) in [7, 11) is 0.